The van der Waals surface area contributed by atoms with Gasteiger partial charge in [0.15, 0.2) is 0 Å². The first-order valence-electron chi connectivity index (χ1n) is 11.5. The number of rotatable bonds is 7. The van der Waals surface area contributed by atoms with Crippen LogP contribution in [-0.2, 0) is 9.59 Å². The number of nitrogens with one attached hydrogen (secondary N) is 1. The predicted molar refractivity (Wildman–Crippen MR) is 133 cm³/mol. The minimum absolute atomic E-state index is 0.0390. The van der Waals surface area contributed by atoms with Crippen LogP contribution in [0.3, 0.4) is 0 Å². The molecule has 7 heteroatoms. The number of benzene rings is 2. The number of hydrogen-bond donors (Lipinski definition) is 2. The number of hydrogen-bond acceptors (Lipinski definition) is 5. The van der Waals surface area contributed by atoms with Gasteiger partial charge in [0.2, 0.25) is 0 Å². The van der Waals surface area contributed by atoms with Gasteiger partial charge in [0.25, 0.3) is 11.7 Å². The van der Waals surface area contributed by atoms with Gasteiger partial charge in [0.05, 0.1) is 17.7 Å². The number of aliphatic hydroxyl groups is 1. The Morgan fingerprint density at radius 2 is 1.88 bits per heavy atom. The number of aromatic amines is 1. The lowest BCUT2D eigenvalue weighted by Gasteiger charge is -2.27. The second-order valence-electron chi connectivity index (χ2n) is 9.20. The molecule has 0 aliphatic carbocycles. The molecule has 4 rings (SSSR count). The molecule has 2 N–H and O–H groups in total. The van der Waals surface area contributed by atoms with Gasteiger partial charge in [-0.05, 0) is 53.1 Å². The molecule has 7 nitrogen and oxygen atoms in total. The van der Waals surface area contributed by atoms with E-state index in [0.29, 0.717) is 24.4 Å². The van der Waals surface area contributed by atoms with Gasteiger partial charge >= 0.3 is 0 Å². The van der Waals surface area contributed by atoms with Gasteiger partial charge in [-0.3, -0.25) is 9.59 Å². The number of likely N-dealkylation sites (tertiary alicyclic amines) is 1. The van der Waals surface area contributed by atoms with Gasteiger partial charge in [-0.2, -0.15) is 0 Å². The molecule has 0 bridgehead atoms. The van der Waals surface area contributed by atoms with Crippen LogP contribution >= 0.6 is 0 Å². The Bertz CT molecular complexity index is 1270. The fourth-order valence-electron chi connectivity index (χ4n) is 4.51. The first-order chi connectivity index (χ1) is 16.2. The average Bonchev–Trinajstić information content (AvgIpc) is 3.24. The minimum Gasteiger partial charge on any atom is -0.507 e. The number of amides is 1. The van der Waals surface area contributed by atoms with Crippen molar-refractivity contribution in [1.29, 1.82) is 0 Å². The highest BCUT2D eigenvalue weighted by Crippen LogP contribution is 2.43. The molecule has 34 heavy (non-hydrogen) atoms. The highest BCUT2D eigenvalue weighted by molar-refractivity contribution is 6.46. The van der Waals surface area contributed by atoms with Crippen molar-refractivity contribution in [3.8, 4) is 5.75 Å². The molecular weight excluding hydrogens is 430 g/mol. The highest BCUT2D eigenvalue weighted by atomic mass is 16.5. The van der Waals surface area contributed by atoms with E-state index in [1.165, 1.54) is 0 Å². The first-order valence-corrected chi connectivity index (χ1v) is 11.5. The zero-order chi connectivity index (χ0) is 24.6. The van der Waals surface area contributed by atoms with Crippen molar-refractivity contribution in [3.63, 3.8) is 0 Å². The van der Waals surface area contributed by atoms with Crippen LogP contribution in [0.15, 0.2) is 54.1 Å². The van der Waals surface area contributed by atoms with E-state index in [9.17, 15) is 14.7 Å². The van der Waals surface area contributed by atoms with Crippen molar-refractivity contribution in [3.05, 3.63) is 70.9 Å². The number of carbonyl (C=O) groups excluding carboxylic acids is 2. The third kappa shape index (κ3) is 4.31. The first kappa shape index (κ1) is 23.6. The Morgan fingerprint density at radius 3 is 2.59 bits per heavy atom. The number of ketones is 1. The number of aromatic nitrogens is 1. The van der Waals surface area contributed by atoms with Crippen molar-refractivity contribution in [1.82, 2.24) is 14.8 Å². The third-order valence-corrected chi connectivity index (χ3v) is 6.02. The molecular formula is C27H31N3O4. The average molecular weight is 462 g/mol. The van der Waals surface area contributed by atoms with Crippen molar-refractivity contribution >= 4 is 28.4 Å². The van der Waals surface area contributed by atoms with Gasteiger partial charge in [-0.25, -0.2) is 0 Å². The fraction of sp³-hybridized carbons (Fsp3) is 0.333. The Morgan fingerprint density at radius 1 is 1.15 bits per heavy atom. The van der Waals surface area contributed by atoms with E-state index in [1.54, 1.807) is 29.2 Å². The number of H-pyrrole nitrogens is 1. The number of ether oxygens (including phenoxy) is 1. The maximum Gasteiger partial charge on any atom is 0.295 e. The van der Waals surface area contributed by atoms with Crippen molar-refractivity contribution in [2.45, 2.75) is 32.9 Å². The summed E-state index contributed by atoms with van der Waals surface area (Å²) in [7, 11) is 3.84. The van der Waals surface area contributed by atoms with Crippen molar-refractivity contribution in [2.75, 3.05) is 27.2 Å². The second kappa shape index (κ2) is 9.35. The summed E-state index contributed by atoms with van der Waals surface area (Å²) in [5.74, 6) is -0.899. The summed E-state index contributed by atoms with van der Waals surface area (Å²) in [6.07, 6.45) is -0.0390. The molecule has 1 atom stereocenters. The molecule has 1 fully saturated rings. The van der Waals surface area contributed by atoms with Gasteiger partial charge in [0.1, 0.15) is 11.5 Å². The smallest absolute Gasteiger partial charge is 0.295 e. The van der Waals surface area contributed by atoms with E-state index in [2.05, 4.69) is 4.98 Å². The standard InChI is InChI=1S/C27H31N3O4/c1-16(2)34-19-10-8-9-18(15-19)25(31)23-24(30(14-13-29(4)5)27(33)26(23)32)22-17(3)28-21-12-7-6-11-20(21)22/h6-12,15-16,24,28,31H,13-14H2,1-5H3/b25-23+. The summed E-state index contributed by atoms with van der Waals surface area (Å²) in [5, 5.41) is 12.3. The SMILES string of the molecule is Cc1[nH]c2ccccc2c1C1/C(=C(\O)c2cccc(OC(C)C)c2)C(=O)C(=O)N1CCN(C)C. The molecule has 0 saturated carbocycles. The topological polar surface area (TPSA) is 85.9 Å². The van der Waals surface area contributed by atoms with Crippen LogP contribution in [0, 0.1) is 6.92 Å². The lowest BCUT2D eigenvalue weighted by Crippen LogP contribution is -2.35. The second-order valence-corrected chi connectivity index (χ2v) is 9.20. The van der Waals surface area contributed by atoms with E-state index < -0.39 is 17.7 Å². The Kier molecular flexibility index (Phi) is 6.48. The van der Waals surface area contributed by atoms with Crippen molar-refractivity contribution in [2.24, 2.45) is 0 Å². The Balaban J connectivity index is 1.91. The third-order valence-electron chi connectivity index (χ3n) is 6.02. The van der Waals surface area contributed by atoms with E-state index in [1.807, 2.05) is 64.0 Å². The number of carbonyl (C=O) groups is 2. The molecule has 2 aromatic carbocycles. The van der Waals surface area contributed by atoms with E-state index >= 15 is 0 Å². The summed E-state index contributed by atoms with van der Waals surface area (Å²) >= 11 is 0. The van der Waals surface area contributed by atoms with Crippen LogP contribution in [0.25, 0.3) is 16.7 Å². The van der Waals surface area contributed by atoms with Gasteiger partial charge in [-0.15, -0.1) is 0 Å². The predicted octanol–water partition coefficient (Wildman–Crippen LogP) is 4.25. The summed E-state index contributed by atoms with van der Waals surface area (Å²) in [6.45, 7) is 6.71. The molecule has 3 aromatic rings. The van der Waals surface area contributed by atoms with Crippen LogP contribution in [0.1, 0.15) is 36.7 Å². The maximum absolute atomic E-state index is 13.3. The summed E-state index contributed by atoms with van der Waals surface area (Å²) < 4.78 is 5.77. The van der Waals surface area contributed by atoms with Crippen LogP contribution in [0.2, 0.25) is 0 Å². The molecule has 2 heterocycles. The summed E-state index contributed by atoms with van der Waals surface area (Å²) in [5.41, 5.74) is 3.13. The number of nitrogens with zero attached hydrogens (tertiary/aromatic N) is 2. The molecule has 1 saturated heterocycles. The van der Waals surface area contributed by atoms with Gasteiger partial charge in [0, 0.05) is 40.8 Å². The van der Waals surface area contributed by atoms with Crippen LogP contribution in [0.4, 0.5) is 0 Å². The Labute approximate surface area is 199 Å². The highest BCUT2D eigenvalue weighted by Gasteiger charge is 2.47. The Hall–Kier alpha value is -3.58. The molecule has 0 radical (unpaired) electrons. The molecule has 1 aromatic heterocycles. The molecule has 1 amide bonds. The van der Waals surface area contributed by atoms with Crippen LogP contribution in [0.5, 0.6) is 5.75 Å². The van der Waals surface area contributed by atoms with E-state index in [4.69, 9.17) is 4.74 Å². The van der Waals surface area contributed by atoms with Crippen LogP contribution in [-0.4, -0.2) is 64.9 Å². The molecule has 0 spiro atoms. The molecule has 178 valence electrons. The molecule has 1 unspecified atom stereocenters. The lowest BCUT2D eigenvalue weighted by molar-refractivity contribution is -0.140. The normalized spacial score (nSPS) is 18.0. The zero-order valence-electron chi connectivity index (χ0n) is 20.3. The van der Waals surface area contributed by atoms with Gasteiger partial charge < -0.3 is 24.6 Å². The fourth-order valence-corrected chi connectivity index (χ4v) is 4.51. The minimum atomic E-state index is -0.703. The quantitative estimate of drug-likeness (QED) is 0.312. The van der Waals surface area contributed by atoms with E-state index in [0.717, 1.165) is 22.2 Å². The van der Waals surface area contributed by atoms with Gasteiger partial charge in [-0.1, -0.05) is 30.3 Å². The number of likely N-dealkylation sites (N-methyl/N-ethyl adjacent to an activating group) is 1. The molecule has 1 aliphatic rings. The lowest BCUT2D eigenvalue weighted by atomic mass is 9.93. The monoisotopic (exact) mass is 461 g/mol. The maximum atomic E-state index is 13.3. The molecule has 1 aliphatic heterocycles. The summed E-state index contributed by atoms with van der Waals surface area (Å²) in [4.78, 5) is 33.4. The van der Waals surface area contributed by atoms with Crippen molar-refractivity contribution < 1.29 is 19.4 Å². The number of aliphatic hydroxyl groups excluding tert-OH is 1. The van der Waals surface area contributed by atoms with Crippen LogP contribution < -0.4 is 4.74 Å². The van der Waals surface area contributed by atoms with E-state index in [-0.39, 0.29) is 17.4 Å². The summed E-state index contributed by atoms with van der Waals surface area (Å²) in [6, 6.07) is 14.1. The number of para-hydroxylation sites is 1. The number of aryl methyl sites for hydroxylation is 1. The largest absolute Gasteiger partial charge is 0.507 e. The number of fused-ring (bicyclic) bond motifs is 1. The zero-order valence-corrected chi connectivity index (χ0v) is 20.3. The number of Topliss-reactive ketones (excluding diaryl/α,β-unsaturated/α-hetero) is 1.